The molecule has 1 unspecified atom stereocenters. The van der Waals surface area contributed by atoms with Gasteiger partial charge in [0.2, 0.25) is 0 Å². The maximum Gasteiger partial charge on any atom is 0.122 e. The molecular formula is C12H19O2P. The van der Waals surface area contributed by atoms with E-state index in [1.807, 2.05) is 45.6 Å². The average Bonchev–Trinajstić information content (AvgIpc) is 2.18. The van der Waals surface area contributed by atoms with Crippen LogP contribution < -0.4 is 10.0 Å². The molecule has 0 heterocycles. The van der Waals surface area contributed by atoms with Crippen LogP contribution in [-0.4, -0.2) is 19.4 Å². The van der Waals surface area contributed by atoms with Crippen LogP contribution in [0.5, 0.6) is 5.75 Å². The second-order valence-corrected chi connectivity index (χ2v) is 7.77. The Balaban J connectivity index is 3.23. The summed E-state index contributed by atoms with van der Waals surface area (Å²) in [6, 6.07) is 5.81. The average molecular weight is 226 g/mol. The van der Waals surface area contributed by atoms with E-state index < -0.39 is 7.14 Å². The third-order valence-electron chi connectivity index (χ3n) is 2.89. The van der Waals surface area contributed by atoms with Gasteiger partial charge < -0.3 is 9.30 Å². The summed E-state index contributed by atoms with van der Waals surface area (Å²) in [6.07, 6.45) is 0. The monoisotopic (exact) mass is 226 g/mol. The Hall–Kier alpha value is -0.750. The zero-order chi connectivity index (χ0) is 11.6. The van der Waals surface area contributed by atoms with Crippen molar-refractivity contribution < 1.29 is 9.30 Å². The molecule has 0 N–H and O–H groups in total. The molecule has 0 aromatic heterocycles. The second-order valence-electron chi connectivity index (χ2n) is 4.24. The van der Waals surface area contributed by atoms with Gasteiger partial charge in [0, 0.05) is 11.0 Å². The quantitative estimate of drug-likeness (QED) is 0.740. The number of methoxy groups -OCH3 is 1. The lowest BCUT2D eigenvalue weighted by Gasteiger charge is -2.18. The molecule has 84 valence electrons. The number of ether oxygens (including phenoxy) is 1. The van der Waals surface area contributed by atoms with E-state index in [0.29, 0.717) is 0 Å². The maximum absolute atomic E-state index is 12.4. The van der Waals surface area contributed by atoms with Crippen molar-refractivity contribution in [2.45, 2.75) is 26.4 Å². The van der Waals surface area contributed by atoms with E-state index in [-0.39, 0.29) is 5.66 Å². The zero-order valence-electron chi connectivity index (χ0n) is 10.1. The summed E-state index contributed by atoms with van der Waals surface area (Å²) in [5.74, 6) is 0.815. The van der Waals surface area contributed by atoms with Gasteiger partial charge in [-0.25, -0.2) is 0 Å². The molecule has 0 bridgehead atoms. The lowest BCUT2D eigenvalue weighted by Crippen LogP contribution is -2.12. The van der Waals surface area contributed by atoms with Gasteiger partial charge in [-0.3, -0.25) is 0 Å². The molecule has 0 saturated carbocycles. The topological polar surface area (TPSA) is 26.3 Å². The highest BCUT2D eigenvalue weighted by atomic mass is 31.2. The second kappa shape index (κ2) is 4.40. The predicted molar refractivity (Wildman–Crippen MR) is 66.0 cm³/mol. The Bertz CT molecular complexity index is 397. The van der Waals surface area contributed by atoms with Crippen molar-refractivity contribution in [3.05, 3.63) is 23.8 Å². The molecule has 3 heteroatoms. The van der Waals surface area contributed by atoms with Crippen molar-refractivity contribution in [3.63, 3.8) is 0 Å². The molecule has 15 heavy (non-hydrogen) atoms. The van der Waals surface area contributed by atoms with E-state index in [1.54, 1.807) is 7.11 Å². The van der Waals surface area contributed by atoms with E-state index in [4.69, 9.17) is 4.74 Å². The van der Waals surface area contributed by atoms with Gasteiger partial charge in [0.1, 0.15) is 12.9 Å². The first-order chi connectivity index (χ1) is 6.89. The van der Waals surface area contributed by atoms with E-state index in [9.17, 15) is 4.57 Å². The summed E-state index contributed by atoms with van der Waals surface area (Å²) in [6.45, 7) is 7.81. The summed E-state index contributed by atoms with van der Waals surface area (Å²) in [5, 5.41) is 0.903. The van der Waals surface area contributed by atoms with Crippen LogP contribution in [0.15, 0.2) is 18.2 Å². The Morgan fingerprint density at radius 2 is 1.93 bits per heavy atom. The number of hydrogen-bond acceptors (Lipinski definition) is 2. The van der Waals surface area contributed by atoms with Gasteiger partial charge in [0.05, 0.1) is 7.11 Å². The minimum atomic E-state index is -2.26. The highest BCUT2D eigenvalue weighted by Gasteiger charge is 2.23. The number of hydrogen-bond donors (Lipinski definition) is 0. The molecule has 1 aromatic carbocycles. The van der Waals surface area contributed by atoms with Crippen LogP contribution >= 0.6 is 7.14 Å². The number of benzene rings is 1. The molecule has 0 amide bonds. The third-order valence-corrected chi connectivity index (χ3v) is 6.16. The molecule has 0 aliphatic rings. The molecule has 1 aromatic rings. The van der Waals surface area contributed by atoms with Gasteiger partial charge in [-0.15, -0.1) is 0 Å². The first-order valence-corrected chi connectivity index (χ1v) is 7.34. The SMILES string of the molecule is COc1cc(P(C)(=O)C(C)C)ccc1C. The standard InChI is InChI=1S/C12H19O2P/c1-9(2)15(5,13)11-7-6-10(3)12(8-11)14-4/h6-9H,1-5H3. The summed E-state index contributed by atoms with van der Waals surface area (Å²) in [4.78, 5) is 0. The van der Waals surface area contributed by atoms with Gasteiger partial charge in [0.15, 0.2) is 0 Å². The number of rotatable bonds is 3. The fraction of sp³-hybridized carbons (Fsp3) is 0.500. The summed E-state index contributed by atoms with van der Waals surface area (Å²) in [5.41, 5.74) is 1.25. The van der Waals surface area contributed by atoms with Gasteiger partial charge in [-0.2, -0.15) is 0 Å². The Morgan fingerprint density at radius 1 is 1.33 bits per heavy atom. The van der Waals surface area contributed by atoms with Gasteiger partial charge >= 0.3 is 0 Å². The van der Waals surface area contributed by atoms with Gasteiger partial charge in [0.25, 0.3) is 0 Å². The van der Waals surface area contributed by atoms with Crippen LogP contribution in [0.1, 0.15) is 19.4 Å². The van der Waals surface area contributed by atoms with Crippen LogP contribution in [0.4, 0.5) is 0 Å². The van der Waals surface area contributed by atoms with E-state index in [0.717, 1.165) is 16.6 Å². The highest BCUT2D eigenvalue weighted by Crippen LogP contribution is 2.45. The summed E-state index contributed by atoms with van der Waals surface area (Å²) in [7, 11) is -0.616. The van der Waals surface area contributed by atoms with E-state index >= 15 is 0 Å². The van der Waals surface area contributed by atoms with Crippen LogP contribution in [-0.2, 0) is 4.57 Å². The Morgan fingerprint density at radius 3 is 2.40 bits per heavy atom. The molecule has 0 aliphatic carbocycles. The van der Waals surface area contributed by atoms with Crippen molar-refractivity contribution in [2.75, 3.05) is 13.8 Å². The molecular weight excluding hydrogens is 207 g/mol. The van der Waals surface area contributed by atoms with Crippen molar-refractivity contribution in [3.8, 4) is 5.75 Å². The minimum absolute atomic E-state index is 0.171. The Kier molecular flexibility index (Phi) is 3.62. The molecule has 0 spiro atoms. The summed E-state index contributed by atoms with van der Waals surface area (Å²) < 4.78 is 17.7. The van der Waals surface area contributed by atoms with Crippen LogP contribution in [0.3, 0.4) is 0 Å². The molecule has 2 nitrogen and oxygen atoms in total. The normalized spacial score (nSPS) is 15.1. The molecule has 0 saturated heterocycles. The van der Waals surface area contributed by atoms with E-state index in [1.165, 1.54) is 0 Å². The van der Waals surface area contributed by atoms with Crippen molar-refractivity contribution in [1.82, 2.24) is 0 Å². The van der Waals surface area contributed by atoms with Crippen molar-refractivity contribution >= 4 is 12.4 Å². The molecule has 0 fully saturated rings. The lowest BCUT2D eigenvalue weighted by atomic mass is 10.2. The fourth-order valence-electron chi connectivity index (χ4n) is 1.38. The summed E-state index contributed by atoms with van der Waals surface area (Å²) >= 11 is 0. The predicted octanol–water partition coefficient (Wildman–Crippen LogP) is 3.03. The lowest BCUT2D eigenvalue weighted by molar-refractivity contribution is 0.412. The molecule has 0 radical (unpaired) electrons. The highest BCUT2D eigenvalue weighted by molar-refractivity contribution is 7.71. The first kappa shape index (κ1) is 12.3. The van der Waals surface area contributed by atoms with E-state index in [2.05, 4.69) is 0 Å². The van der Waals surface area contributed by atoms with Gasteiger partial charge in [-0.05, 0) is 25.2 Å². The molecule has 0 aliphatic heterocycles. The first-order valence-electron chi connectivity index (χ1n) is 5.12. The largest absolute Gasteiger partial charge is 0.496 e. The smallest absolute Gasteiger partial charge is 0.122 e. The van der Waals surface area contributed by atoms with Gasteiger partial charge in [-0.1, -0.05) is 26.0 Å². The number of aryl methyl sites for hydroxylation is 1. The van der Waals surface area contributed by atoms with Crippen molar-refractivity contribution in [2.24, 2.45) is 0 Å². The molecule has 1 atom stereocenters. The maximum atomic E-state index is 12.4. The van der Waals surface area contributed by atoms with Crippen molar-refractivity contribution in [1.29, 1.82) is 0 Å². The zero-order valence-corrected chi connectivity index (χ0v) is 11.0. The molecule has 1 rings (SSSR count). The third kappa shape index (κ3) is 2.43. The fourth-order valence-corrected chi connectivity index (χ4v) is 2.72. The van der Waals surface area contributed by atoms with Crippen LogP contribution in [0, 0.1) is 6.92 Å². The minimum Gasteiger partial charge on any atom is -0.496 e. The Labute approximate surface area is 92.0 Å². The van der Waals surface area contributed by atoms with Crippen LogP contribution in [0.25, 0.3) is 0 Å². The van der Waals surface area contributed by atoms with Crippen LogP contribution in [0.2, 0.25) is 0 Å².